The van der Waals surface area contributed by atoms with Crippen LogP contribution in [0.4, 0.5) is 4.39 Å². The molecule has 1 heterocycles. The van der Waals surface area contributed by atoms with E-state index < -0.39 is 11.7 Å². The molecule has 0 spiro atoms. The Bertz CT molecular complexity index is 1010. The fraction of sp³-hybridized carbons (Fsp3) is 0.0952. The van der Waals surface area contributed by atoms with Crippen LogP contribution < -0.4 is 10.6 Å². The lowest BCUT2D eigenvalue weighted by atomic mass is 10.2. The smallest absolute Gasteiger partial charge is 0.254 e. The van der Waals surface area contributed by atoms with Gasteiger partial charge in [-0.2, -0.15) is 0 Å². The average Bonchev–Trinajstić information content (AvgIpc) is 2.73. The van der Waals surface area contributed by atoms with Crippen molar-refractivity contribution in [2.75, 3.05) is 13.1 Å². The van der Waals surface area contributed by atoms with Crippen molar-refractivity contribution >= 4 is 39.5 Å². The third-order valence-electron chi connectivity index (χ3n) is 3.86. The highest BCUT2D eigenvalue weighted by Crippen LogP contribution is 2.29. The van der Waals surface area contributed by atoms with Gasteiger partial charge in [-0.05, 0) is 52.3 Å². The molecule has 2 N–H and O–H groups in total. The van der Waals surface area contributed by atoms with E-state index in [0.717, 1.165) is 14.4 Å². The lowest BCUT2D eigenvalue weighted by Crippen LogP contribution is -2.35. The van der Waals surface area contributed by atoms with Crippen molar-refractivity contribution in [1.82, 2.24) is 15.6 Å². The number of carbonyl (C=O) groups is 2. The van der Waals surface area contributed by atoms with Gasteiger partial charge in [-0.1, -0.05) is 36.0 Å². The maximum atomic E-state index is 13.6. The predicted molar refractivity (Wildman–Crippen MR) is 114 cm³/mol. The van der Waals surface area contributed by atoms with Crippen LogP contribution in [0.15, 0.2) is 81.3 Å². The maximum absolute atomic E-state index is 13.6. The van der Waals surface area contributed by atoms with E-state index >= 15 is 0 Å². The van der Waals surface area contributed by atoms with Crippen LogP contribution in [0.1, 0.15) is 20.7 Å². The van der Waals surface area contributed by atoms with Crippen molar-refractivity contribution in [1.29, 1.82) is 0 Å². The quantitative estimate of drug-likeness (QED) is 0.502. The van der Waals surface area contributed by atoms with E-state index in [1.54, 1.807) is 24.4 Å². The SMILES string of the molecule is O=C(NCCNC(=O)c1ccccc1Sc1ccc(Br)cn1)c1ccccc1F. The van der Waals surface area contributed by atoms with E-state index in [1.165, 1.54) is 30.0 Å². The van der Waals surface area contributed by atoms with Gasteiger partial charge >= 0.3 is 0 Å². The van der Waals surface area contributed by atoms with Crippen LogP contribution in [0, 0.1) is 5.82 Å². The Hall–Kier alpha value is -2.71. The highest BCUT2D eigenvalue weighted by molar-refractivity contribution is 9.10. The molecule has 2 amide bonds. The Morgan fingerprint density at radius 2 is 1.52 bits per heavy atom. The molecule has 0 bridgehead atoms. The molecule has 0 saturated heterocycles. The molecule has 8 heteroatoms. The summed E-state index contributed by atoms with van der Waals surface area (Å²) in [5, 5.41) is 6.13. The Kier molecular flexibility index (Phi) is 7.37. The molecule has 29 heavy (non-hydrogen) atoms. The van der Waals surface area contributed by atoms with E-state index in [9.17, 15) is 14.0 Å². The molecule has 3 aromatic rings. The minimum Gasteiger partial charge on any atom is -0.350 e. The lowest BCUT2D eigenvalue weighted by Gasteiger charge is -2.10. The van der Waals surface area contributed by atoms with Crippen LogP contribution in [0.25, 0.3) is 0 Å². The predicted octanol–water partition coefficient (Wildman–Crippen LogP) is 4.29. The zero-order valence-electron chi connectivity index (χ0n) is 15.2. The number of nitrogens with one attached hydrogen (secondary N) is 2. The second kappa shape index (κ2) is 10.2. The lowest BCUT2D eigenvalue weighted by molar-refractivity contribution is 0.0924. The highest BCUT2D eigenvalue weighted by atomic mass is 79.9. The van der Waals surface area contributed by atoms with E-state index in [-0.39, 0.29) is 24.6 Å². The third-order valence-corrected chi connectivity index (χ3v) is 5.36. The largest absolute Gasteiger partial charge is 0.350 e. The summed E-state index contributed by atoms with van der Waals surface area (Å²) in [4.78, 5) is 29.6. The molecule has 0 saturated carbocycles. The van der Waals surface area contributed by atoms with Gasteiger partial charge in [-0.3, -0.25) is 9.59 Å². The molecule has 2 aromatic carbocycles. The van der Waals surface area contributed by atoms with Crippen molar-refractivity contribution < 1.29 is 14.0 Å². The van der Waals surface area contributed by atoms with Gasteiger partial charge < -0.3 is 10.6 Å². The summed E-state index contributed by atoms with van der Waals surface area (Å²) in [7, 11) is 0. The number of carbonyl (C=O) groups excluding carboxylic acids is 2. The van der Waals surface area contributed by atoms with Crippen molar-refractivity contribution in [2.24, 2.45) is 0 Å². The summed E-state index contributed by atoms with van der Waals surface area (Å²) in [6, 6.07) is 16.7. The van der Waals surface area contributed by atoms with Crippen molar-refractivity contribution in [3.05, 3.63) is 88.3 Å². The highest BCUT2D eigenvalue weighted by Gasteiger charge is 2.13. The molecule has 0 unspecified atom stereocenters. The Labute approximate surface area is 180 Å². The second-order valence-corrected chi connectivity index (χ2v) is 7.88. The normalized spacial score (nSPS) is 10.4. The molecule has 0 atom stereocenters. The van der Waals surface area contributed by atoms with Gasteiger partial charge in [0.2, 0.25) is 0 Å². The minimum absolute atomic E-state index is 0.0254. The summed E-state index contributed by atoms with van der Waals surface area (Å²) in [5.74, 6) is -1.36. The van der Waals surface area contributed by atoms with E-state index in [4.69, 9.17) is 0 Å². The molecule has 0 radical (unpaired) electrons. The monoisotopic (exact) mass is 473 g/mol. The first kappa shape index (κ1) is 21.0. The van der Waals surface area contributed by atoms with Crippen molar-refractivity contribution in [3.8, 4) is 0 Å². The van der Waals surface area contributed by atoms with Crippen LogP contribution in [0.5, 0.6) is 0 Å². The number of halogens is 2. The molecule has 1 aromatic heterocycles. The summed E-state index contributed by atoms with van der Waals surface area (Å²) in [5.41, 5.74) is 0.491. The van der Waals surface area contributed by atoms with Gasteiger partial charge in [0.05, 0.1) is 11.1 Å². The first-order valence-electron chi connectivity index (χ1n) is 8.74. The average molecular weight is 474 g/mol. The summed E-state index contributed by atoms with van der Waals surface area (Å²) in [6.45, 7) is 0.400. The van der Waals surface area contributed by atoms with Crippen molar-refractivity contribution in [3.63, 3.8) is 0 Å². The maximum Gasteiger partial charge on any atom is 0.254 e. The van der Waals surface area contributed by atoms with Gasteiger partial charge in [0.1, 0.15) is 10.8 Å². The standard InChI is InChI=1S/C21H17BrFN3O2S/c22-14-9-10-19(26-13-14)29-18-8-4-2-6-16(18)21(28)25-12-11-24-20(27)15-5-1-3-7-17(15)23/h1-10,13H,11-12H2,(H,24,27)(H,25,28). The summed E-state index contributed by atoms with van der Waals surface area (Å²) < 4.78 is 14.5. The van der Waals surface area contributed by atoms with Gasteiger partial charge in [-0.25, -0.2) is 9.37 Å². The molecule has 0 fully saturated rings. The number of amides is 2. The molecular formula is C21H17BrFN3O2S. The second-order valence-electron chi connectivity index (χ2n) is 5.90. The zero-order chi connectivity index (χ0) is 20.6. The zero-order valence-corrected chi connectivity index (χ0v) is 17.6. The van der Waals surface area contributed by atoms with Crippen LogP contribution in [-0.2, 0) is 0 Å². The molecule has 0 aliphatic rings. The van der Waals surface area contributed by atoms with Crippen LogP contribution >= 0.6 is 27.7 Å². The Morgan fingerprint density at radius 3 is 2.17 bits per heavy atom. The summed E-state index contributed by atoms with van der Waals surface area (Å²) in [6.07, 6.45) is 1.70. The fourth-order valence-corrected chi connectivity index (χ4v) is 3.59. The van der Waals surface area contributed by atoms with E-state index in [0.29, 0.717) is 5.56 Å². The van der Waals surface area contributed by atoms with Gasteiger partial charge in [0.15, 0.2) is 0 Å². The number of aromatic nitrogens is 1. The molecule has 3 rings (SSSR count). The van der Waals surface area contributed by atoms with Crippen LogP contribution in [-0.4, -0.2) is 29.9 Å². The van der Waals surface area contributed by atoms with Gasteiger partial charge in [0.25, 0.3) is 11.8 Å². The summed E-state index contributed by atoms with van der Waals surface area (Å²) >= 11 is 4.74. The third kappa shape index (κ3) is 5.88. The topological polar surface area (TPSA) is 71.1 Å². The number of hydrogen-bond donors (Lipinski definition) is 2. The van der Waals surface area contributed by atoms with Gasteiger partial charge in [0, 0.05) is 28.7 Å². The molecular weight excluding hydrogens is 457 g/mol. The Morgan fingerprint density at radius 1 is 0.897 bits per heavy atom. The molecule has 0 aliphatic carbocycles. The number of hydrogen-bond acceptors (Lipinski definition) is 4. The number of nitrogens with zero attached hydrogens (tertiary/aromatic N) is 1. The van der Waals surface area contributed by atoms with Crippen molar-refractivity contribution in [2.45, 2.75) is 9.92 Å². The number of benzene rings is 2. The van der Waals surface area contributed by atoms with Crippen LogP contribution in [0.2, 0.25) is 0 Å². The fourth-order valence-electron chi connectivity index (χ4n) is 2.47. The van der Waals surface area contributed by atoms with E-state index in [1.807, 2.05) is 24.3 Å². The Balaban J connectivity index is 1.55. The van der Waals surface area contributed by atoms with E-state index in [2.05, 4.69) is 31.5 Å². The first-order chi connectivity index (χ1) is 14.0. The number of pyridine rings is 1. The van der Waals surface area contributed by atoms with Crippen LogP contribution in [0.3, 0.4) is 0 Å². The molecule has 5 nitrogen and oxygen atoms in total. The minimum atomic E-state index is -0.582. The number of rotatable bonds is 7. The first-order valence-corrected chi connectivity index (χ1v) is 10.3. The molecule has 148 valence electrons. The van der Waals surface area contributed by atoms with Gasteiger partial charge in [-0.15, -0.1) is 0 Å². The molecule has 0 aliphatic heterocycles.